The number of methoxy groups -OCH3 is 1. The average Bonchev–Trinajstić information content (AvgIpc) is 2.35. The monoisotopic (exact) mass is 303 g/mol. The van der Waals surface area contributed by atoms with Crippen molar-refractivity contribution in [3.05, 3.63) is 33.9 Å². The zero-order valence-corrected chi connectivity index (χ0v) is 11.3. The normalized spacial score (nSPS) is 10.9. The average molecular weight is 303 g/mol. The van der Waals surface area contributed by atoms with Gasteiger partial charge in [0.1, 0.15) is 0 Å². The number of nitro benzene ring substituents is 1. The van der Waals surface area contributed by atoms with Crippen molar-refractivity contribution in [1.82, 2.24) is 5.32 Å². The van der Waals surface area contributed by atoms with Crippen LogP contribution in [-0.4, -0.2) is 38.7 Å². The Hall–Kier alpha value is -2.20. The highest BCUT2D eigenvalue weighted by molar-refractivity contribution is 7.89. The molecule has 0 saturated carbocycles. The lowest BCUT2D eigenvalue weighted by molar-refractivity contribution is -0.385. The van der Waals surface area contributed by atoms with Crippen molar-refractivity contribution >= 4 is 21.6 Å². The van der Waals surface area contributed by atoms with Crippen molar-refractivity contribution in [3.63, 3.8) is 0 Å². The van der Waals surface area contributed by atoms with Crippen LogP contribution in [0.3, 0.4) is 0 Å². The van der Waals surface area contributed by atoms with Gasteiger partial charge in [0.2, 0.25) is 15.8 Å². The molecule has 0 spiro atoms. The third-order valence-electron chi connectivity index (χ3n) is 2.31. The van der Waals surface area contributed by atoms with Crippen molar-refractivity contribution in [2.45, 2.75) is 0 Å². The lowest BCUT2D eigenvalue weighted by atomic mass is 10.1. The van der Waals surface area contributed by atoms with Crippen LogP contribution in [0.2, 0.25) is 0 Å². The summed E-state index contributed by atoms with van der Waals surface area (Å²) in [5.74, 6) is -1.31. The molecule has 0 saturated heterocycles. The number of nitrogens with zero attached hydrogens (tertiary/aromatic N) is 1. The maximum atomic E-state index is 11.8. The molecule has 1 amide bonds. The fraction of sp³-hybridized carbons (Fsp3) is 0.300. The van der Waals surface area contributed by atoms with Crippen molar-refractivity contribution in [3.8, 4) is 5.75 Å². The molecule has 1 aromatic rings. The fourth-order valence-electron chi connectivity index (χ4n) is 1.46. The van der Waals surface area contributed by atoms with E-state index in [9.17, 15) is 23.3 Å². The van der Waals surface area contributed by atoms with Gasteiger partial charge in [0.25, 0.3) is 5.91 Å². The predicted octanol–water partition coefficient (Wildman–Crippen LogP) is -0.378. The highest BCUT2D eigenvalue weighted by Gasteiger charge is 2.22. The van der Waals surface area contributed by atoms with Gasteiger partial charge >= 0.3 is 5.69 Å². The van der Waals surface area contributed by atoms with E-state index in [0.29, 0.717) is 0 Å². The zero-order chi connectivity index (χ0) is 15.3. The van der Waals surface area contributed by atoms with E-state index in [-0.39, 0.29) is 23.5 Å². The molecule has 0 unspecified atom stereocenters. The minimum atomic E-state index is -3.69. The van der Waals surface area contributed by atoms with Gasteiger partial charge in [-0.25, -0.2) is 13.6 Å². The van der Waals surface area contributed by atoms with Gasteiger partial charge in [-0.05, 0) is 6.07 Å². The van der Waals surface area contributed by atoms with Crippen LogP contribution in [0.4, 0.5) is 5.69 Å². The smallest absolute Gasteiger partial charge is 0.311 e. The quantitative estimate of drug-likeness (QED) is 0.542. The van der Waals surface area contributed by atoms with Crippen LogP contribution >= 0.6 is 0 Å². The van der Waals surface area contributed by atoms with E-state index in [1.807, 2.05) is 0 Å². The first kappa shape index (κ1) is 15.9. The third-order valence-corrected chi connectivity index (χ3v) is 3.08. The summed E-state index contributed by atoms with van der Waals surface area (Å²) in [7, 11) is -2.50. The Labute approximate surface area is 114 Å². The number of ether oxygens (including phenoxy) is 1. The van der Waals surface area contributed by atoms with Crippen LogP contribution < -0.4 is 15.2 Å². The Bertz CT molecular complexity index is 628. The number of carbonyl (C=O) groups is 1. The summed E-state index contributed by atoms with van der Waals surface area (Å²) < 4.78 is 26.3. The number of nitrogens with one attached hydrogen (secondary N) is 1. The first-order valence-corrected chi connectivity index (χ1v) is 7.08. The van der Waals surface area contributed by atoms with Gasteiger partial charge in [-0.1, -0.05) is 6.07 Å². The number of benzene rings is 1. The summed E-state index contributed by atoms with van der Waals surface area (Å²) in [4.78, 5) is 22.0. The number of sulfonamides is 1. The summed E-state index contributed by atoms with van der Waals surface area (Å²) in [6.07, 6.45) is 0. The molecule has 9 nitrogen and oxygen atoms in total. The van der Waals surface area contributed by atoms with E-state index in [2.05, 4.69) is 5.32 Å². The SMILES string of the molecule is COc1c(C(=O)NCCS(N)(=O)=O)cccc1[N+](=O)[O-]. The van der Waals surface area contributed by atoms with Crippen molar-refractivity contribution in [2.75, 3.05) is 19.4 Å². The van der Waals surface area contributed by atoms with Gasteiger partial charge in [-0.15, -0.1) is 0 Å². The van der Waals surface area contributed by atoms with E-state index >= 15 is 0 Å². The molecule has 110 valence electrons. The number of carbonyl (C=O) groups excluding carboxylic acids is 1. The summed E-state index contributed by atoms with van der Waals surface area (Å²) in [6.45, 7) is -0.205. The van der Waals surface area contributed by atoms with Gasteiger partial charge in [-0.3, -0.25) is 14.9 Å². The van der Waals surface area contributed by atoms with E-state index < -0.39 is 26.6 Å². The van der Waals surface area contributed by atoms with Gasteiger partial charge in [0.05, 0.1) is 23.3 Å². The molecule has 0 aliphatic carbocycles. The predicted molar refractivity (Wildman–Crippen MR) is 70.0 cm³/mol. The molecule has 0 radical (unpaired) electrons. The third kappa shape index (κ3) is 4.17. The Balaban J connectivity index is 2.93. The number of para-hydroxylation sites is 1. The van der Waals surface area contributed by atoms with Crippen LogP contribution in [0.5, 0.6) is 5.75 Å². The molecule has 20 heavy (non-hydrogen) atoms. The Morgan fingerprint density at radius 3 is 2.65 bits per heavy atom. The second-order valence-electron chi connectivity index (χ2n) is 3.74. The molecule has 0 atom stereocenters. The van der Waals surface area contributed by atoms with Crippen LogP contribution in [-0.2, 0) is 10.0 Å². The molecule has 0 aliphatic rings. The van der Waals surface area contributed by atoms with Crippen LogP contribution in [0.1, 0.15) is 10.4 Å². The van der Waals surface area contributed by atoms with Gasteiger partial charge in [-0.2, -0.15) is 0 Å². The summed E-state index contributed by atoms with van der Waals surface area (Å²) >= 11 is 0. The number of hydrogen-bond donors (Lipinski definition) is 2. The van der Waals surface area contributed by atoms with E-state index in [0.717, 1.165) is 0 Å². The van der Waals surface area contributed by atoms with Gasteiger partial charge in [0.15, 0.2) is 0 Å². The minimum absolute atomic E-state index is 0.0591. The summed E-state index contributed by atoms with van der Waals surface area (Å²) in [5.41, 5.74) is -0.414. The Morgan fingerprint density at radius 2 is 2.15 bits per heavy atom. The number of amides is 1. The molecule has 10 heteroatoms. The molecule has 0 aliphatic heterocycles. The Morgan fingerprint density at radius 1 is 1.50 bits per heavy atom. The number of rotatable bonds is 6. The molecule has 0 fully saturated rings. The molecule has 0 heterocycles. The second kappa shape index (κ2) is 6.30. The molecule has 1 aromatic carbocycles. The minimum Gasteiger partial charge on any atom is -0.490 e. The van der Waals surface area contributed by atoms with Crippen molar-refractivity contribution < 1.29 is 22.9 Å². The standard InChI is InChI=1S/C10H13N3O6S/c1-19-9-7(3-2-4-8(9)13(15)16)10(14)12-5-6-20(11,17)18/h2-4H,5-6H2,1H3,(H,12,14)(H2,11,17,18). The van der Waals surface area contributed by atoms with Gasteiger partial charge < -0.3 is 10.1 Å². The van der Waals surface area contributed by atoms with Crippen molar-refractivity contribution in [2.24, 2.45) is 5.14 Å². The Kier molecular flexibility index (Phi) is 5.00. The highest BCUT2D eigenvalue weighted by Crippen LogP contribution is 2.30. The van der Waals surface area contributed by atoms with Crippen LogP contribution in [0, 0.1) is 10.1 Å². The first-order valence-electron chi connectivity index (χ1n) is 5.36. The summed E-state index contributed by atoms with van der Waals surface area (Å²) in [6, 6.07) is 3.85. The zero-order valence-electron chi connectivity index (χ0n) is 10.5. The molecular weight excluding hydrogens is 290 g/mol. The molecular formula is C10H13N3O6S. The lowest BCUT2D eigenvalue weighted by Crippen LogP contribution is -2.31. The van der Waals surface area contributed by atoms with E-state index in [1.54, 1.807) is 0 Å². The molecule has 1 rings (SSSR count). The number of primary sulfonamides is 1. The number of nitro groups is 1. The topological polar surface area (TPSA) is 142 Å². The van der Waals surface area contributed by atoms with Crippen LogP contribution in [0.15, 0.2) is 18.2 Å². The maximum Gasteiger partial charge on any atom is 0.311 e. The van der Waals surface area contributed by atoms with E-state index in [1.165, 1.54) is 25.3 Å². The summed E-state index contributed by atoms with van der Waals surface area (Å²) in [5, 5.41) is 17.9. The van der Waals surface area contributed by atoms with Crippen LogP contribution in [0.25, 0.3) is 0 Å². The molecule has 0 aromatic heterocycles. The van der Waals surface area contributed by atoms with E-state index in [4.69, 9.17) is 9.88 Å². The van der Waals surface area contributed by atoms with Gasteiger partial charge in [0, 0.05) is 12.6 Å². The number of nitrogens with two attached hydrogens (primary N) is 1. The second-order valence-corrected chi connectivity index (χ2v) is 5.47. The van der Waals surface area contributed by atoms with Crippen molar-refractivity contribution in [1.29, 1.82) is 0 Å². The molecule has 0 bridgehead atoms. The fourth-order valence-corrected chi connectivity index (χ4v) is 1.85. The highest BCUT2D eigenvalue weighted by atomic mass is 32.2. The lowest BCUT2D eigenvalue weighted by Gasteiger charge is -2.09. The molecule has 3 N–H and O–H groups in total. The maximum absolute atomic E-state index is 11.8. The number of hydrogen-bond acceptors (Lipinski definition) is 6. The first-order chi connectivity index (χ1) is 9.26. The largest absolute Gasteiger partial charge is 0.490 e.